The number of hydrogen-bond acceptors (Lipinski definition) is 2. The lowest BCUT2D eigenvalue weighted by molar-refractivity contribution is 0.115. The maximum atomic E-state index is 9.37. The van der Waals surface area contributed by atoms with Crippen LogP contribution in [0.5, 0.6) is 0 Å². The van der Waals surface area contributed by atoms with Crippen LogP contribution in [0.25, 0.3) is 0 Å². The van der Waals surface area contributed by atoms with Gasteiger partial charge in [-0.25, -0.2) is 0 Å². The van der Waals surface area contributed by atoms with E-state index in [1.165, 1.54) is 0 Å². The molecule has 0 heterocycles. The molecule has 2 atom stereocenters. The molecule has 0 aliphatic carbocycles. The van der Waals surface area contributed by atoms with E-state index < -0.39 is 6.10 Å². The lowest BCUT2D eigenvalue weighted by atomic mass is 9.98. The van der Waals surface area contributed by atoms with E-state index in [0.29, 0.717) is 12.0 Å². The predicted molar refractivity (Wildman–Crippen MR) is 46.3 cm³/mol. The van der Waals surface area contributed by atoms with Gasteiger partial charge in [-0.2, -0.15) is 0 Å². The maximum Gasteiger partial charge on any atom is 0.0720 e. The minimum atomic E-state index is -0.511. The average molecular weight is 158 g/mol. The van der Waals surface area contributed by atoms with E-state index >= 15 is 0 Å². The zero-order valence-corrected chi connectivity index (χ0v) is 7.54. The summed E-state index contributed by atoms with van der Waals surface area (Å²) in [4.78, 5) is 0. The van der Waals surface area contributed by atoms with Gasteiger partial charge in [0.05, 0.1) is 12.2 Å². The first-order chi connectivity index (χ1) is 4.95. The molecule has 0 saturated heterocycles. The SMILES string of the molecule is C=C(CC(O)C(C)C)C(C)O. The van der Waals surface area contributed by atoms with Gasteiger partial charge in [-0.3, -0.25) is 0 Å². The summed E-state index contributed by atoms with van der Waals surface area (Å²) in [6.07, 6.45) is -0.393. The van der Waals surface area contributed by atoms with Gasteiger partial charge in [0.1, 0.15) is 0 Å². The summed E-state index contributed by atoms with van der Waals surface area (Å²) in [5, 5.41) is 18.4. The van der Waals surface area contributed by atoms with Gasteiger partial charge < -0.3 is 10.2 Å². The molecule has 2 nitrogen and oxygen atoms in total. The van der Waals surface area contributed by atoms with Crippen molar-refractivity contribution < 1.29 is 10.2 Å². The summed E-state index contributed by atoms with van der Waals surface area (Å²) < 4.78 is 0. The summed E-state index contributed by atoms with van der Waals surface area (Å²) in [7, 11) is 0. The molecular weight excluding hydrogens is 140 g/mol. The van der Waals surface area contributed by atoms with Gasteiger partial charge in [0.25, 0.3) is 0 Å². The van der Waals surface area contributed by atoms with Gasteiger partial charge in [-0.05, 0) is 24.8 Å². The Morgan fingerprint density at radius 2 is 1.73 bits per heavy atom. The molecule has 2 heteroatoms. The first-order valence-electron chi connectivity index (χ1n) is 3.99. The second-order valence-corrected chi connectivity index (χ2v) is 3.35. The van der Waals surface area contributed by atoms with Gasteiger partial charge in [0, 0.05) is 0 Å². The molecule has 0 aromatic carbocycles. The molecule has 0 aromatic heterocycles. The Morgan fingerprint density at radius 1 is 1.27 bits per heavy atom. The lowest BCUT2D eigenvalue weighted by Gasteiger charge is -2.17. The lowest BCUT2D eigenvalue weighted by Crippen LogP contribution is -2.18. The highest BCUT2D eigenvalue weighted by atomic mass is 16.3. The quantitative estimate of drug-likeness (QED) is 0.606. The third kappa shape index (κ3) is 4.17. The van der Waals surface area contributed by atoms with E-state index in [0.717, 1.165) is 0 Å². The second kappa shape index (κ2) is 4.52. The Kier molecular flexibility index (Phi) is 4.38. The van der Waals surface area contributed by atoms with E-state index in [1.54, 1.807) is 6.92 Å². The standard InChI is InChI=1S/C9H18O2/c1-6(2)9(11)5-7(3)8(4)10/h6,8-11H,3,5H2,1-2,4H3. The molecule has 0 spiro atoms. The minimum Gasteiger partial charge on any atom is -0.393 e. The minimum absolute atomic E-state index is 0.227. The monoisotopic (exact) mass is 158 g/mol. The van der Waals surface area contributed by atoms with Gasteiger partial charge in [0.2, 0.25) is 0 Å². The van der Waals surface area contributed by atoms with Crippen molar-refractivity contribution in [2.75, 3.05) is 0 Å². The van der Waals surface area contributed by atoms with Gasteiger partial charge >= 0.3 is 0 Å². The molecule has 0 aromatic rings. The molecule has 0 radical (unpaired) electrons. The molecule has 0 rings (SSSR count). The second-order valence-electron chi connectivity index (χ2n) is 3.35. The molecule has 11 heavy (non-hydrogen) atoms. The zero-order chi connectivity index (χ0) is 9.02. The van der Waals surface area contributed by atoms with Crippen LogP contribution in [0.15, 0.2) is 12.2 Å². The normalized spacial score (nSPS) is 16.5. The molecular formula is C9H18O2. The van der Waals surface area contributed by atoms with Crippen LogP contribution in [-0.2, 0) is 0 Å². The molecule has 0 aliphatic heterocycles. The zero-order valence-electron chi connectivity index (χ0n) is 7.54. The number of rotatable bonds is 4. The maximum absolute atomic E-state index is 9.37. The fourth-order valence-electron chi connectivity index (χ4n) is 0.675. The molecule has 0 saturated carbocycles. The van der Waals surface area contributed by atoms with Crippen LogP contribution in [-0.4, -0.2) is 22.4 Å². The largest absolute Gasteiger partial charge is 0.393 e. The highest BCUT2D eigenvalue weighted by molar-refractivity contribution is 5.01. The van der Waals surface area contributed by atoms with E-state index in [2.05, 4.69) is 6.58 Å². The van der Waals surface area contributed by atoms with Crippen LogP contribution >= 0.6 is 0 Å². The van der Waals surface area contributed by atoms with E-state index in [4.69, 9.17) is 5.11 Å². The molecule has 0 fully saturated rings. The fourth-order valence-corrected chi connectivity index (χ4v) is 0.675. The summed E-state index contributed by atoms with van der Waals surface area (Å²) in [5.74, 6) is 0.227. The molecule has 0 bridgehead atoms. The number of aliphatic hydroxyl groups is 2. The molecule has 0 amide bonds. The third-order valence-corrected chi connectivity index (χ3v) is 1.83. The molecule has 2 N–H and O–H groups in total. The predicted octanol–water partition coefficient (Wildman–Crippen LogP) is 1.33. The van der Waals surface area contributed by atoms with Crippen LogP contribution in [0, 0.1) is 5.92 Å². The average Bonchev–Trinajstić information content (AvgIpc) is 1.87. The highest BCUT2D eigenvalue weighted by Crippen LogP contribution is 2.13. The highest BCUT2D eigenvalue weighted by Gasteiger charge is 2.12. The van der Waals surface area contributed by atoms with Crippen molar-refractivity contribution in [2.24, 2.45) is 5.92 Å². The molecule has 2 unspecified atom stereocenters. The first-order valence-corrected chi connectivity index (χ1v) is 3.99. The Hall–Kier alpha value is -0.340. The topological polar surface area (TPSA) is 40.5 Å². The van der Waals surface area contributed by atoms with Crippen molar-refractivity contribution in [2.45, 2.75) is 39.4 Å². The molecule has 0 aliphatic rings. The van der Waals surface area contributed by atoms with E-state index in [1.807, 2.05) is 13.8 Å². The van der Waals surface area contributed by atoms with Crippen LogP contribution in [0.3, 0.4) is 0 Å². The van der Waals surface area contributed by atoms with Crippen molar-refractivity contribution in [1.29, 1.82) is 0 Å². The smallest absolute Gasteiger partial charge is 0.0720 e. The summed E-state index contributed by atoms with van der Waals surface area (Å²) >= 11 is 0. The van der Waals surface area contributed by atoms with Crippen molar-refractivity contribution in [3.8, 4) is 0 Å². The van der Waals surface area contributed by atoms with Gasteiger partial charge in [0.15, 0.2) is 0 Å². The summed E-state index contributed by atoms with van der Waals surface area (Å²) in [5.41, 5.74) is 0.700. The van der Waals surface area contributed by atoms with Crippen molar-refractivity contribution in [3.05, 3.63) is 12.2 Å². The summed E-state index contributed by atoms with van der Waals surface area (Å²) in [6, 6.07) is 0. The van der Waals surface area contributed by atoms with E-state index in [9.17, 15) is 5.11 Å². The van der Waals surface area contributed by atoms with Crippen LogP contribution in [0.1, 0.15) is 27.2 Å². The number of aliphatic hydroxyl groups excluding tert-OH is 2. The van der Waals surface area contributed by atoms with Crippen molar-refractivity contribution in [1.82, 2.24) is 0 Å². The summed E-state index contributed by atoms with van der Waals surface area (Å²) in [6.45, 7) is 9.22. The molecule has 66 valence electrons. The van der Waals surface area contributed by atoms with Crippen molar-refractivity contribution in [3.63, 3.8) is 0 Å². The van der Waals surface area contributed by atoms with Gasteiger partial charge in [-0.1, -0.05) is 20.4 Å². The first kappa shape index (κ1) is 10.7. The Bertz CT molecular complexity index is 128. The van der Waals surface area contributed by atoms with Crippen LogP contribution in [0.4, 0.5) is 0 Å². The van der Waals surface area contributed by atoms with Crippen LogP contribution < -0.4 is 0 Å². The van der Waals surface area contributed by atoms with Gasteiger partial charge in [-0.15, -0.1) is 0 Å². The Balaban J connectivity index is 3.76. The Morgan fingerprint density at radius 3 is 2.00 bits per heavy atom. The van der Waals surface area contributed by atoms with E-state index in [-0.39, 0.29) is 12.0 Å². The van der Waals surface area contributed by atoms with Crippen LogP contribution in [0.2, 0.25) is 0 Å². The third-order valence-electron chi connectivity index (χ3n) is 1.83. The Labute approximate surface area is 68.6 Å². The van der Waals surface area contributed by atoms with Crippen molar-refractivity contribution >= 4 is 0 Å². The number of hydrogen-bond donors (Lipinski definition) is 2. The fraction of sp³-hybridized carbons (Fsp3) is 0.778.